The lowest BCUT2D eigenvalue weighted by Gasteiger charge is -2.26. The van der Waals surface area contributed by atoms with Crippen molar-refractivity contribution in [3.05, 3.63) is 77.7 Å². The number of benzene rings is 2. The Morgan fingerprint density at radius 2 is 1.81 bits per heavy atom. The van der Waals surface area contributed by atoms with E-state index in [1.54, 1.807) is 31.2 Å². The van der Waals surface area contributed by atoms with Gasteiger partial charge in [0.1, 0.15) is 18.1 Å². The Kier molecular flexibility index (Phi) is 6.59. The van der Waals surface area contributed by atoms with Gasteiger partial charge in [0.25, 0.3) is 5.91 Å². The van der Waals surface area contributed by atoms with Crippen molar-refractivity contribution in [2.45, 2.75) is 18.4 Å². The first-order valence-electron chi connectivity index (χ1n) is 10.2. The second kappa shape index (κ2) is 9.56. The van der Waals surface area contributed by atoms with E-state index in [0.29, 0.717) is 43.5 Å². The van der Waals surface area contributed by atoms with Crippen LogP contribution in [0.25, 0.3) is 0 Å². The first-order chi connectivity index (χ1) is 15.4. The monoisotopic (exact) mass is 456 g/mol. The van der Waals surface area contributed by atoms with Crippen LogP contribution in [0.3, 0.4) is 0 Å². The van der Waals surface area contributed by atoms with Gasteiger partial charge in [-0.1, -0.05) is 24.3 Å². The molecule has 2 aromatic carbocycles. The number of hydrogen-bond donors (Lipinski definition) is 1. The third kappa shape index (κ3) is 5.01. The zero-order valence-electron chi connectivity index (χ0n) is 17.6. The highest BCUT2D eigenvalue weighted by Crippen LogP contribution is 2.24. The molecule has 0 unspecified atom stereocenters. The highest BCUT2D eigenvalue weighted by atomic mass is 32.2. The van der Waals surface area contributed by atoms with Crippen molar-refractivity contribution in [2.75, 3.05) is 31.6 Å². The molecule has 168 valence electrons. The third-order valence-electron chi connectivity index (χ3n) is 5.07. The molecule has 3 aromatic rings. The van der Waals surface area contributed by atoms with Crippen LogP contribution in [0.1, 0.15) is 21.9 Å². The van der Waals surface area contributed by atoms with E-state index >= 15 is 0 Å². The fraction of sp³-hybridized carbons (Fsp3) is 0.261. The summed E-state index contributed by atoms with van der Waals surface area (Å²) >= 11 is 0. The summed E-state index contributed by atoms with van der Waals surface area (Å²) in [7, 11) is -3.67. The summed E-state index contributed by atoms with van der Waals surface area (Å²) in [5.74, 6) is 0.834. The number of para-hydroxylation sites is 1. The lowest BCUT2D eigenvalue weighted by Crippen LogP contribution is -2.40. The summed E-state index contributed by atoms with van der Waals surface area (Å²) in [4.78, 5) is 12.8. The van der Waals surface area contributed by atoms with E-state index in [-0.39, 0.29) is 17.3 Å². The molecule has 0 spiro atoms. The second-order valence-electron chi connectivity index (χ2n) is 7.31. The van der Waals surface area contributed by atoms with Gasteiger partial charge in [-0.2, -0.15) is 4.31 Å². The van der Waals surface area contributed by atoms with Crippen LogP contribution in [0.4, 0.5) is 5.69 Å². The van der Waals surface area contributed by atoms with Crippen LogP contribution in [-0.4, -0.2) is 44.9 Å². The highest BCUT2D eigenvalue weighted by Gasteiger charge is 2.27. The van der Waals surface area contributed by atoms with E-state index in [1.165, 1.54) is 10.4 Å². The van der Waals surface area contributed by atoms with E-state index in [9.17, 15) is 13.2 Å². The lowest BCUT2D eigenvalue weighted by atomic mass is 10.2. The number of sulfonamides is 1. The zero-order chi connectivity index (χ0) is 22.6. The average molecular weight is 457 g/mol. The number of carbonyl (C=O) groups excluding carboxylic acids is 1. The summed E-state index contributed by atoms with van der Waals surface area (Å²) in [5, 5.41) is 2.75. The number of rotatable bonds is 7. The van der Waals surface area contributed by atoms with Crippen LogP contribution in [0.15, 0.2) is 70.0 Å². The van der Waals surface area contributed by atoms with Crippen LogP contribution in [-0.2, 0) is 21.4 Å². The molecule has 1 aliphatic rings. The molecule has 32 heavy (non-hydrogen) atoms. The fourth-order valence-corrected chi connectivity index (χ4v) is 4.70. The Labute approximate surface area is 186 Å². The first kappa shape index (κ1) is 22.1. The molecule has 9 heteroatoms. The van der Waals surface area contributed by atoms with E-state index in [2.05, 4.69) is 5.32 Å². The fourth-order valence-electron chi connectivity index (χ4n) is 3.26. The lowest BCUT2D eigenvalue weighted by molar-refractivity contribution is 0.0730. The molecule has 0 atom stereocenters. The van der Waals surface area contributed by atoms with Crippen molar-refractivity contribution in [2.24, 2.45) is 0 Å². The predicted molar refractivity (Wildman–Crippen MR) is 118 cm³/mol. The quantitative estimate of drug-likeness (QED) is 0.585. The van der Waals surface area contributed by atoms with Gasteiger partial charge in [0.2, 0.25) is 10.0 Å². The third-order valence-corrected chi connectivity index (χ3v) is 6.97. The Bertz CT molecular complexity index is 1180. The number of anilines is 1. The molecule has 0 radical (unpaired) electrons. The summed E-state index contributed by atoms with van der Waals surface area (Å²) in [6.45, 7) is 3.31. The number of morpholine rings is 1. The molecule has 0 aliphatic carbocycles. The maximum absolute atomic E-state index is 12.9. The summed E-state index contributed by atoms with van der Waals surface area (Å²) in [5.41, 5.74) is 1.14. The van der Waals surface area contributed by atoms with Crippen LogP contribution >= 0.6 is 0 Å². The van der Waals surface area contributed by atoms with Gasteiger partial charge in [-0.05, 0) is 48.9 Å². The Morgan fingerprint density at radius 3 is 2.56 bits per heavy atom. The molecule has 0 bridgehead atoms. The predicted octanol–water partition coefficient (Wildman–Crippen LogP) is 3.44. The molecule has 1 aliphatic heterocycles. The van der Waals surface area contributed by atoms with E-state index in [1.807, 2.05) is 30.3 Å². The number of amides is 1. The number of nitrogens with one attached hydrogen (secondary N) is 1. The van der Waals surface area contributed by atoms with Gasteiger partial charge in [0, 0.05) is 18.8 Å². The van der Waals surface area contributed by atoms with Crippen molar-refractivity contribution in [3.8, 4) is 5.75 Å². The Morgan fingerprint density at radius 1 is 1.06 bits per heavy atom. The number of aryl methyl sites for hydroxylation is 1. The summed E-state index contributed by atoms with van der Waals surface area (Å²) in [6.07, 6.45) is 0. The summed E-state index contributed by atoms with van der Waals surface area (Å²) in [6, 6.07) is 17.2. The molecule has 4 rings (SSSR count). The Hall–Kier alpha value is -3.14. The van der Waals surface area contributed by atoms with Crippen LogP contribution in [0, 0.1) is 6.92 Å². The second-order valence-corrected chi connectivity index (χ2v) is 9.25. The van der Waals surface area contributed by atoms with Gasteiger partial charge in [-0.15, -0.1) is 0 Å². The standard InChI is InChI=1S/C23H24N2O6S/c1-17-7-9-20(32(27,28)25-11-13-29-14-12-25)15-21(17)24-23(26)22-10-8-19(31-22)16-30-18-5-3-2-4-6-18/h2-10,15H,11-14,16H2,1H3,(H,24,26). The molecule has 0 saturated carbocycles. The summed E-state index contributed by atoms with van der Waals surface area (Å²) < 4.78 is 43.7. The molecular weight excluding hydrogens is 432 g/mol. The van der Waals surface area contributed by atoms with Gasteiger partial charge >= 0.3 is 0 Å². The number of furan rings is 1. The maximum Gasteiger partial charge on any atom is 0.291 e. The van der Waals surface area contributed by atoms with Gasteiger partial charge in [-0.3, -0.25) is 4.79 Å². The van der Waals surface area contributed by atoms with Crippen LogP contribution < -0.4 is 10.1 Å². The van der Waals surface area contributed by atoms with Crippen molar-refractivity contribution >= 4 is 21.6 Å². The van der Waals surface area contributed by atoms with Gasteiger partial charge in [0.15, 0.2) is 5.76 Å². The van der Waals surface area contributed by atoms with Crippen LogP contribution in [0.5, 0.6) is 5.75 Å². The molecule has 1 N–H and O–H groups in total. The van der Waals surface area contributed by atoms with E-state index in [0.717, 1.165) is 5.56 Å². The average Bonchev–Trinajstić information content (AvgIpc) is 3.29. The zero-order valence-corrected chi connectivity index (χ0v) is 18.4. The van der Waals surface area contributed by atoms with Crippen LogP contribution in [0.2, 0.25) is 0 Å². The van der Waals surface area contributed by atoms with Gasteiger partial charge in [-0.25, -0.2) is 8.42 Å². The molecule has 1 saturated heterocycles. The minimum atomic E-state index is -3.67. The van der Waals surface area contributed by atoms with Gasteiger partial charge < -0.3 is 19.2 Å². The molecule has 1 aromatic heterocycles. The number of carbonyl (C=O) groups is 1. The number of hydrogen-bond acceptors (Lipinski definition) is 6. The van der Waals surface area contributed by atoms with Crippen molar-refractivity contribution in [3.63, 3.8) is 0 Å². The van der Waals surface area contributed by atoms with Crippen molar-refractivity contribution < 1.29 is 27.1 Å². The van der Waals surface area contributed by atoms with E-state index in [4.69, 9.17) is 13.9 Å². The van der Waals surface area contributed by atoms with E-state index < -0.39 is 15.9 Å². The maximum atomic E-state index is 12.9. The molecule has 1 amide bonds. The minimum absolute atomic E-state index is 0.109. The smallest absolute Gasteiger partial charge is 0.291 e. The SMILES string of the molecule is Cc1ccc(S(=O)(=O)N2CCOCC2)cc1NC(=O)c1ccc(COc2ccccc2)o1. The number of nitrogens with zero attached hydrogens (tertiary/aromatic N) is 1. The number of ether oxygens (including phenoxy) is 2. The molecule has 1 fully saturated rings. The molecular formula is C23H24N2O6S. The van der Waals surface area contributed by atoms with Gasteiger partial charge in [0.05, 0.1) is 18.1 Å². The topological polar surface area (TPSA) is 98.1 Å². The minimum Gasteiger partial charge on any atom is -0.486 e. The Balaban J connectivity index is 1.45. The molecule has 8 nitrogen and oxygen atoms in total. The first-order valence-corrected chi connectivity index (χ1v) is 11.6. The largest absolute Gasteiger partial charge is 0.486 e. The normalized spacial score (nSPS) is 14.8. The van der Waals surface area contributed by atoms with Crippen molar-refractivity contribution in [1.82, 2.24) is 4.31 Å². The highest BCUT2D eigenvalue weighted by molar-refractivity contribution is 7.89. The van der Waals surface area contributed by atoms with Crippen molar-refractivity contribution in [1.29, 1.82) is 0 Å². The molecule has 2 heterocycles.